The van der Waals surface area contributed by atoms with Gasteiger partial charge >= 0.3 is 0 Å². The summed E-state index contributed by atoms with van der Waals surface area (Å²) in [6.45, 7) is 9.05. The molecule has 0 aromatic rings. The normalized spacial score (nSPS) is 13.4. The lowest BCUT2D eigenvalue weighted by Crippen LogP contribution is -2.45. The molecule has 0 saturated carbocycles. The lowest BCUT2D eigenvalue weighted by molar-refractivity contribution is -0.132. The maximum atomic E-state index is 11.7. The van der Waals surface area contributed by atoms with Crippen molar-refractivity contribution < 1.29 is 4.79 Å². The molecule has 0 bridgehead atoms. The van der Waals surface area contributed by atoms with Crippen LogP contribution in [0.3, 0.4) is 0 Å². The standard InChI is InChI=1S/C11H24N2O/c1-8(2)6-7-13(5)11(14)10(12)9(3)4/h8-10H,6-7,12H2,1-5H3/t10-/m1/s1. The number of hydrogen-bond donors (Lipinski definition) is 1. The third-order valence-electron chi connectivity index (χ3n) is 2.42. The highest BCUT2D eigenvalue weighted by Gasteiger charge is 2.20. The van der Waals surface area contributed by atoms with Gasteiger partial charge in [-0.2, -0.15) is 0 Å². The molecule has 84 valence electrons. The van der Waals surface area contributed by atoms with Crippen molar-refractivity contribution in [3.8, 4) is 0 Å². The second kappa shape index (κ2) is 6.02. The highest BCUT2D eigenvalue weighted by Crippen LogP contribution is 2.05. The van der Waals surface area contributed by atoms with Gasteiger partial charge in [-0.15, -0.1) is 0 Å². The van der Waals surface area contributed by atoms with E-state index in [1.54, 1.807) is 4.90 Å². The summed E-state index contributed by atoms with van der Waals surface area (Å²) in [5, 5.41) is 0. The average Bonchev–Trinajstić information content (AvgIpc) is 2.11. The molecule has 14 heavy (non-hydrogen) atoms. The number of amides is 1. The molecule has 0 radical (unpaired) electrons. The van der Waals surface area contributed by atoms with E-state index >= 15 is 0 Å². The minimum atomic E-state index is -0.354. The quantitative estimate of drug-likeness (QED) is 0.730. The Balaban J connectivity index is 3.99. The molecule has 0 aromatic heterocycles. The zero-order valence-electron chi connectivity index (χ0n) is 10.1. The molecular weight excluding hydrogens is 176 g/mol. The van der Waals surface area contributed by atoms with Crippen LogP contribution in [-0.4, -0.2) is 30.4 Å². The van der Waals surface area contributed by atoms with Crippen molar-refractivity contribution in [2.45, 2.75) is 40.2 Å². The Bertz CT molecular complexity index is 178. The lowest BCUT2D eigenvalue weighted by Gasteiger charge is -2.23. The molecule has 0 aromatic carbocycles. The van der Waals surface area contributed by atoms with Crippen LogP contribution < -0.4 is 5.73 Å². The molecule has 0 saturated heterocycles. The lowest BCUT2D eigenvalue weighted by atomic mass is 10.0. The van der Waals surface area contributed by atoms with Gasteiger partial charge < -0.3 is 10.6 Å². The third-order valence-corrected chi connectivity index (χ3v) is 2.42. The smallest absolute Gasteiger partial charge is 0.239 e. The van der Waals surface area contributed by atoms with Crippen LogP contribution in [0.15, 0.2) is 0 Å². The first-order valence-corrected chi connectivity index (χ1v) is 5.36. The van der Waals surface area contributed by atoms with Gasteiger partial charge in [-0.05, 0) is 18.3 Å². The summed E-state index contributed by atoms with van der Waals surface area (Å²) in [7, 11) is 1.83. The summed E-state index contributed by atoms with van der Waals surface area (Å²) >= 11 is 0. The first kappa shape index (κ1) is 13.4. The van der Waals surface area contributed by atoms with Gasteiger partial charge in [-0.25, -0.2) is 0 Å². The average molecular weight is 200 g/mol. The molecule has 0 heterocycles. The Hall–Kier alpha value is -0.570. The number of carbonyl (C=O) groups is 1. The van der Waals surface area contributed by atoms with E-state index in [0.717, 1.165) is 13.0 Å². The van der Waals surface area contributed by atoms with Gasteiger partial charge in [-0.3, -0.25) is 4.79 Å². The van der Waals surface area contributed by atoms with Gasteiger partial charge in [0.15, 0.2) is 0 Å². The second-order valence-corrected chi connectivity index (χ2v) is 4.71. The molecule has 0 spiro atoms. The zero-order valence-corrected chi connectivity index (χ0v) is 10.1. The topological polar surface area (TPSA) is 46.3 Å². The summed E-state index contributed by atoms with van der Waals surface area (Å²) in [5.41, 5.74) is 5.78. The van der Waals surface area contributed by atoms with Crippen molar-refractivity contribution in [3.63, 3.8) is 0 Å². The van der Waals surface area contributed by atoms with Crippen LogP contribution >= 0.6 is 0 Å². The highest BCUT2D eigenvalue weighted by atomic mass is 16.2. The van der Waals surface area contributed by atoms with Crippen molar-refractivity contribution >= 4 is 5.91 Å². The first-order valence-electron chi connectivity index (χ1n) is 5.36. The molecule has 0 aliphatic carbocycles. The van der Waals surface area contributed by atoms with Crippen molar-refractivity contribution in [1.29, 1.82) is 0 Å². The Kier molecular flexibility index (Phi) is 5.77. The first-order chi connectivity index (χ1) is 6.36. The van der Waals surface area contributed by atoms with Crippen LogP contribution in [0.2, 0.25) is 0 Å². The van der Waals surface area contributed by atoms with Crippen LogP contribution in [0.25, 0.3) is 0 Å². The second-order valence-electron chi connectivity index (χ2n) is 4.71. The van der Waals surface area contributed by atoms with Gasteiger partial charge in [0.25, 0.3) is 0 Å². The molecule has 1 atom stereocenters. The van der Waals surface area contributed by atoms with E-state index < -0.39 is 0 Å². The minimum absolute atomic E-state index is 0.0562. The van der Waals surface area contributed by atoms with Crippen molar-refractivity contribution in [3.05, 3.63) is 0 Å². The summed E-state index contributed by atoms with van der Waals surface area (Å²) < 4.78 is 0. The molecule has 0 aliphatic heterocycles. The molecule has 0 rings (SSSR count). The Morgan fingerprint density at radius 3 is 2.14 bits per heavy atom. The summed E-state index contributed by atoms with van der Waals surface area (Å²) in [5.74, 6) is 0.894. The highest BCUT2D eigenvalue weighted by molar-refractivity contribution is 5.81. The van der Waals surface area contributed by atoms with Crippen molar-refractivity contribution in [2.24, 2.45) is 17.6 Å². The molecule has 3 heteroatoms. The van der Waals surface area contributed by atoms with Gasteiger partial charge in [0.2, 0.25) is 5.91 Å². The molecular formula is C11H24N2O. The Labute approximate surface area is 87.6 Å². The van der Waals surface area contributed by atoms with Crippen LogP contribution in [0.4, 0.5) is 0 Å². The van der Waals surface area contributed by atoms with E-state index in [1.165, 1.54) is 0 Å². The van der Waals surface area contributed by atoms with Gasteiger partial charge in [0.1, 0.15) is 0 Å². The van der Waals surface area contributed by atoms with Crippen molar-refractivity contribution in [2.75, 3.05) is 13.6 Å². The number of nitrogens with two attached hydrogens (primary N) is 1. The Morgan fingerprint density at radius 2 is 1.79 bits per heavy atom. The molecule has 0 fully saturated rings. The van der Waals surface area contributed by atoms with E-state index in [9.17, 15) is 4.79 Å². The predicted octanol–water partition coefficient (Wildman–Crippen LogP) is 1.47. The largest absolute Gasteiger partial charge is 0.344 e. The molecule has 2 N–H and O–H groups in total. The number of hydrogen-bond acceptors (Lipinski definition) is 2. The molecule has 3 nitrogen and oxygen atoms in total. The zero-order chi connectivity index (χ0) is 11.3. The van der Waals surface area contributed by atoms with Gasteiger partial charge in [-0.1, -0.05) is 27.7 Å². The van der Waals surface area contributed by atoms with E-state index in [0.29, 0.717) is 5.92 Å². The SMILES string of the molecule is CC(C)CCN(C)C(=O)[C@H](N)C(C)C. The van der Waals surface area contributed by atoms with Crippen LogP contribution in [0.1, 0.15) is 34.1 Å². The maximum absolute atomic E-state index is 11.7. The van der Waals surface area contributed by atoms with Crippen LogP contribution in [0.5, 0.6) is 0 Å². The third kappa shape index (κ3) is 4.61. The van der Waals surface area contributed by atoms with E-state index in [1.807, 2.05) is 20.9 Å². The van der Waals surface area contributed by atoms with Crippen molar-refractivity contribution in [1.82, 2.24) is 4.90 Å². The minimum Gasteiger partial charge on any atom is -0.344 e. The van der Waals surface area contributed by atoms with Gasteiger partial charge in [0, 0.05) is 13.6 Å². The van der Waals surface area contributed by atoms with Crippen LogP contribution in [0, 0.1) is 11.8 Å². The monoisotopic (exact) mass is 200 g/mol. The fourth-order valence-corrected chi connectivity index (χ4v) is 1.10. The van der Waals surface area contributed by atoms with Gasteiger partial charge in [0.05, 0.1) is 6.04 Å². The van der Waals surface area contributed by atoms with Crippen LogP contribution in [-0.2, 0) is 4.79 Å². The number of likely N-dealkylation sites (N-methyl/N-ethyl adjacent to an activating group) is 1. The van der Waals surface area contributed by atoms with E-state index in [-0.39, 0.29) is 17.9 Å². The fraction of sp³-hybridized carbons (Fsp3) is 0.909. The molecule has 0 unspecified atom stereocenters. The Morgan fingerprint density at radius 1 is 1.29 bits per heavy atom. The molecule has 1 amide bonds. The van der Waals surface area contributed by atoms with E-state index in [4.69, 9.17) is 5.73 Å². The number of carbonyl (C=O) groups excluding carboxylic acids is 1. The number of rotatable bonds is 5. The molecule has 0 aliphatic rings. The number of nitrogens with zero attached hydrogens (tertiary/aromatic N) is 1. The predicted molar refractivity (Wildman–Crippen MR) is 59.9 cm³/mol. The summed E-state index contributed by atoms with van der Waals surface area (Å²) in [6, 6.07) is -0.354. The fourth-order valence-electron chi connectivity index (χ4n) is 1.10. The maximum Gasteiger partial charge on any atom is 0.239 e. The summed E-state index contributed by atoms with van der Waals surface area (Å²) in [6.07, 6.45) is 1.03. The van der Waals surface area contributed by atoms with E-state index in [2.05, 4.69) is 13.8 Å². The summed E-state index contributed by atoms with van der Waals surface area (Å²) in [4.78, 5) is 13.4.